The number of anilines is 1. The molecule has 0 unspecified atom stereocenters. The van der Waals surface area contributed by atoms with Crippen molar-refractivity contribution < 1.29 is 4.74 Å². The lowest BCUT2D eigenvalue weighted by atomic mass is 10.1. The van der Waals surface area contributed by atoms with Crippen LogP contribution in [0.3, 0.4) is 0 Å². The second-order valence-electron chi connectivity index (χ2n) is 6.11. The standard InChI is InChI=1S/C22H21N3OS/c1-4-26-20-9-6-17(7-10-20)21-14-27-22(25-21)18(12-23)13-24-19-8-5-15(2)16(3)11-19/h5-11,13-14,24H,4H2,1-3H3/b18-13+. The van der Waals surface area contributed by atoms with E-state index in [1.54, 1.807) is 6.20 Å². The van der Waals surface area contributed by atoms with E-state index in [-0.39, 0.29) is 0 Å². The molecule has 3 rings (SSSR count). The van der Waals surface area contributed by atoms with E-state index < -0.39 is 0 Å². The van der Waals surface area contributed by atoms with Crippen molar-refractivity contribution in [3.05, 3.63) is 70.2 Å². The monoisotopic (exact) mass is 375 g/mol. The maximum Gasteiger partial charge on any atom is 0.136 e. The number of ether oxygens (including phenoxy) is 1. The van der Waals surface area contributed by atoms with Gasteiger partial charge in [0, 0.05) is 22.8 Å². The van der Waals surface area contributed by atoms with Crippen molar-refractivity contribution in [2.75, 3.05) is 11.9 Å². The third kappa shape index (κ3) is 4.55. The second kappa shape index (κ2) is 8.52. The minimum absolute atomic E-state index is 0.510. The smallest absolute Gasteiger partial charge is 0.136 e. The first-order valence-corrected chi connectivity index (χ1v) is 9.62. The lowest BCUT2D eigenvalue weighted by Gasteiger charge is -2.05. The molecule has 0 amide bonds. The fourth-order valence-corrected chi connectivity index (χ4v) is 3.34. The summed E-state index contributed by atoms with van der Waals surface area (Å²) in [5.74, 6) is 0.840. The Bertz CT molecular complexity index is 997. The van der Waals surface area contributed by atoms with Gasteiger partial charge in [0.15, 0.2) is 0 Å². The van der Waals surface area contributed by atoms with Gasteiger partial charge in [0.05, 0.1) is 12.3 Å². The number of hydrogen-bond donors (Lipinski definition) is 1. The highest BCUT2D eigenvalue weighted by atomic mass is 32.1. The highest BCUT2D eigenvalue weighted by Crippen LogP contribution is 2.27. The number of allylic oxidation sites excluding steroid dienone is 1. The molecule has 4 nitrogen and oxygen atoms in total. The number of nitriles is 1. The van der Waals surface area contributed by atoms with Crippen LogP contribution in [0.25, 0.3) is 16.8 Å². The number of rotatable bonds is 6. The van der Waals surface area contributed by atoms with Crippen LogP contribution in [-0.4, -0.2) is 11.6 Å². The highest BCUT2D eigenvalue weighted by molar-refractivity contribution is 7.11. The van der Waals surface area contributed by atoms with Crippen LogP contribution in [0.5, 0.6) is 5.75 Å². The zero-order chi connectivity index (χ0) is 19.2. The van der Waals surface area contributed by atoms with Crippen LogP contribution in [0.4, 0.5) is 5.69 Å². The topological polar surface area (TPSA) is 57.9 Å². The molecular formula is C22H21N3OS. The average molecular weight is 375 g/mol. The molecule has 0 radical (unpaired) electrons. The van der Waals surface area contributed by atoms with E-state index in [2.05, 4.69) is 42.4 Å². The van der Waals surface area contributed by atoms with Crippen molar-refractivity contribution in [3.8, 4) is 23.1 Å². The average Bonchev–Trinajstić information content (AvgIpc) is 3.16. The van der Waals surface area contributed by atoms with Crippen molar-refractivity contribution in [3.63, 3.8) is 0 Å². The highest BCUT2D eigenvalue weighted by Gasteiger charge is 2.09. The number of nitrogens with zero attached hydrogens (tertiary/aromatic N) is 2. The minimum atomic E-state index is 0.510. The Kier molecular flexibility index (Phi) is 5.90. The first kappa shape index (κ1) is 18.7. The number of nitrogens with one attached hydrogen (secondary N) is 1. The first-order valence-electron chi connectivity index (χ1n) is 8.74. The molecule has 136 valence electrons. The molecule has 3 aromatic rings. The summed E-state index contributed by atoms with van der Waals surface area (Å²) in [6, 6.07) is 16.2. The normalized spacial score (nSPS) is 11.1. The van der Waals surface area contributed by atoms with Crippen molar-refractivity contribution in [1.29, 1.82) is 5.26 Å². The molecule has 0 saturated carbocycles. The van der Waals surface area contributed by atoms with E-state index in [4.69, 9.17) is 4.74 Å². The largest absolute Gasteiger partial charge is 0.494 e. The molecule has 5 heteroatoms. The van der Waals surface area contributed by atoms with Crippen LogP contribution in [-0.2, 0) is 0 Å². The zero-order valence-corrected chi connectivity index (χ0v) is 16.4. The molecular weight excluding hydrogens is 354 g/mol. The Labute approximate surface area is 163 Å². The molecule has 0 fully saturated rings. The molecule has 0 bridgehead atoms. The van der Waals surface area contributed by atoms with Crippen molar-refractivity contribution >= 4 is 22.6 Å². The van der Waals surface area contributed by atoms with Crippen LogP contribution in [0.15, 0.2) is 54.0 Å². The van der Waals surface area contributed by atoms with Crippen LogP contribution in [0.1, 0.15) is 23.1 Å². The zero-order valence-electron chi connectivity index (χ0n) is 15.6. The number of benzene rings is 2. The summed E-state index contributed by atoms with van der Waals surface area (Å²) in [4.78, 5) is 4.62. The summed E-state index contributed by atoms with van der Waals surface area (Å²) in [5.41, 5.74) is 5.76. The molecule has 2 aromatic carbocycles. The SMILES string of the molecule is CCOc1ccc(-c2csc(/C(C#N)=C/Nc3ccc(C)c(C)c3)n2)cc1. The van der Waals surface area contributed by atoms with Gasteiger partial charge < -0.3 is 10.1 Å². The van der Waals surface area contributed by atoms with Crippen LogP contribution >= 0.6 is 11.3 Å². The number of hydrogen-bond acceptors (Lipinski definition) is 5. The number of aromatic nitrogens is 1. The molecule has 0 saturated heterocycles. The lowest BCUT2D eigenvalue weighted by molar-refractivity contribution is 0.340. The third-order valence-corrected chi connectivity index (χ3v) is 5.08. The predicted octanol–water partition coefficient (Wildman–Crippen LogP) is 5.80. The summed E-state index contributed by atoms with van der Waals surface area (Å²) < 4.78 is 5.47. The minimum Gasteiger partial charge on any atom is -0.494 e. The van der Waals surface area contributed by atoms with Gasteiger partial charge >= 0.3 is 0 Å². The van der Waals surface area contributed by atoms with E-state index in [0.29, 0.717) is 17.2 Å². The molecule has 0 aliphatic rings. The Morgan fingerprint density at radius 1 is 1.19 bits per heavy atom. The molecule has 0 aliphatic heterocycles. The van der Waals surface area contributed by atoms with Crippen LogP contribution in [0, 0.1) is 25.2 Å². The van der Waals surface area contributed by atoms with Gasteiger partial charge in [-0.05, 0) is 68.3 Å². The molecule has 27 heavy (non-hydrogen) atoms. The lowest BCUT2D eigenvalue weighted by Crippen LogP contribution is -1.92. The Morgan fingerprint density at radius 2 is 1.96 bits per heavy atom. The van der Waals surface area contributed by atoms with E-state index in [9.17, 15) is 5.26 Å². The molecule has 1 heterocycles. The van der Waals surface area contributed by atoms with Crippen molar-refractivity contribution in [1.82, 2.24) is 4.98 Å². The Balaban J connectivity index is 1.78. The molecule has 0 atom stereocenters. The van der Waals surface area contributed by atoms with Crippen LogP contribution < -0.4 is 10.1 Å². The summed E-state index contributed by atoms with van der Waals surface area (Å²) in [6.45, 7) is 6.75. The van der Waals surface area contributed by atoms with E-state index in [1.165, 1.54) is 22.5 Å². The maximum atomic E-state index is 9.52. The van der Waals surface area contributed by atoms with Crippen LogP contribution in [0.2, 0.25) is 0 Å². The molecule has 0 spiro atoms. The predicted molar refractivity (Wildman–Crippen MR) is 112 cm³/mol. The fraction of sp³-hybridized carbons (Fsp3) is 0.182. The molecule has 1 aromatic heterocycles. The quantitative estimate of drug-likeness (QED) is 0.553. The summed E-state index contributed by atoms with van der Waals surface area (Å²) >= 11 is 1.46. The summed E-state index contributed by atoms with van der Waals surface area (Å²) in [6.07, 6.45) is 1.71. The number of thiazole rings is 1. The van der Waals surface area contributed by atoms with Crippen molar-refractivity contribution in [2.24, 2.45) is 0 Å². The molecule has 0 aliphatic carbocycles. The van der Waals surface area contributed by atoms with Crippen molar-refractivity contribution in [2.45, 2.75) is 20.8 Å². The number of aryl methyl sites for hydroxylation is 2. The van der Waals surface area contributed by atoms with Gasteiger partial charge in [-0.1, -0.05) is 6.07 Å². The third-order valence-electron chi connectivity index (χ3n) is 4.21. The van der Waals surface area contributed by atoms with Gasteiger partial charge in [0.2, 0.25) is 0 Å². The summed E-state index contributed by atoms with van der Waals surface area (Å²) in [5, 5.41) is 15.4. The van der Waals surface area contributed by atoms with E-state index >= 15 is 0 Å². The Hall–Kier alpha value is -3.10. The first-order chi connectivity index (χ1) is 13.1. The van der Waals surface area contributed by atoms with E-state index in [0.717, 1.165) is 22.7 Å². The maximum absolute atomic E-state index is 9.52. The van der Waals surface area contributed by atoms with Gasteiger partial charge in [0.1, 0.15) is 22.4 Å². The van der Waals surface area contributed by atoms with Gasteiger partial charge in [-0.25, -0.2) is 4.98 Å². The second-order valence-corrected chi connectivity index (χ2v) is 6.97. The van der Waals surface area contributed by atoms with Gasteiger partial charge in [0.25, 0.3) is 0 Å². The van der Waals surface area contributed by atoms with E-state index in [1.807, 2.05) is 42.6 Å². The van der Waals surface area contributed by atoms with Gasteiger partial charge in [-0.2, -0.15) is 5.26 Å². The fourth-order valence-electron chi connectivity index (χ4n) is 2.55. The molecule has 1 N–H and O–H groups in total. The Morgan fingerprint density at radius 3 is 2.63 bits per heavy atom. The van der Waals surface area contributed by atoms with Gasteiger partial charge in [-0.15, -0.1) is 11.3 Å². The summed E-state index contributed by atoms with van der Waals surface area (Å²) in [7, 11) is 0. The van der Waals surface area contributed by atoms with Gasteiger partial charge in [-0.3, -0.25) is 0 Å².